The van der Waals surface area contributed by atoms with Crippen LogP contribution in [0.1, 0.15) is 115 Å². The van der Waals surface area contributed by atoms with Gasteiger partial charge in [0.1, 0.15) is 5.82 Å². The Balaban J connectivity index is 0.00000529. The van der Waals surface area contributed by atoms with Crippen LogP contribution in [0, 0.1) is 6.92 Å². The summed E-state index contributed by atoms with van der Waals surface area (Å²) in [5.74, 6) is 1.16. The van der Waals surface area contributed by atoms with E-state index in [4.69, 9.17) is 0 Å². The molecule has 0 aliphatic heterocycles. The Morgan fingerprint density at radius 2 is 1.12 bits per heavy atom. The standard InChI is InChI=1S/C21H40N2.Zn/c1-3-4-5-6-7-8-9-10-11-12-13-14-15-16-17-18-21-22-19-20(2)23-21;/h19H,3-18H2,1-2H3,(H,22,23);. The van der Waals surface area contributed by atoms with Crippen LogP contribution < -0.4 is 0 Å². The normalized spacial score (nSPS) is 10.8. The van der Waals surface area contributed by atoms with Crippen molar-refractivity contribution in [3.05, 3.63) is 17.7 Å². The maximum Gasteiger partial charge on any atom is 0.106 e. The van der Waals surface area contributed by atoms with Crippen molar-refractivity contribution in [3.8, 4) is 0 Å². The van der Waals surface area contributed by atoms with Crippen LogP contribution >= 0.6 is 0 Å². The number of hydrogen-bond acceptors (Lipinski definition) is 1. The van der Waals surface area contributed by atoms with Crippen molar-refractivity contribution < 1.29 is 19.5 Å². The third kappa shape index (κ3) is 14.2. The molecule has 0 unspecified atom stereocenters. The Morgan fingerprint density at radius 3 is 1.50 bits per heavy atom. The van der Waals surface area contributed by atoms with E-state index in [1.165, 1.54) is 102 Å². The topological polar surface area (TPSA) is 28.7 Å². The smallest absolute Gasteiger partial charge is 0.106 e. The number of nitrogens with zero attached hydrogens (tertiary/aromatic N) is 1. The summed E-state index contributed by atoms with van der Waals surface area (Å²) in [5.41, 5.74) is 1.18. The van der Waals surface area contributed by atoms with Gasteiger partial charge in [0.15, 0.2) is 0 Å². The van der Waals surface area contributed by atoms with Crippen LogP contribution in [0.2, 0.25) is 0 Å². The van der Waals surface area contributed by atoms with Crippen molar-refractivity contribution in [3.63, 3.8) is 0 Å². The molecule has 3 heteroatoms. The molecule has 2 nitrogen and oxygen atoms in total. The first-order chi connectivity index (χ1) is 11.3. The van der Waals surface area contributed by atoms with Crippen molar-refractivity contribution in [1.29, 1.82) is 0 Å². The van der Waals surface area contributed by atoms with Crippen molar-refractivity contribution in [2.24, 2.45) is 0 Å². The van der Waals surface area contributed by atoms with Gasteiger partial charge in [0.05, 0.1) is 0 Å². The SMILES string of the molecule is CCCCCCCCCCCCCCCCCc1ncc(C)[nH]1.[Zn]. The Bertz CT molecular complexity index is 362. The molecule has 1 heterocycles. The van der Waals surface area contributed by atoms with E-state index >= 15 is 0 Å². The number of H-pyrrole nitrogens is 1. The fourth-order valence-corrected chi connectivity index (χ4v) is 3.26. The molecule has 0 spiro atoms. The van der Waals surface area contributed by atoms with Gasteiger partial charge in [-0.25, -0.2) is 4.98 Å². The van der Waals surface area contributed by atoms with E-state index in [-0.39, 0.29) is 19.5 Å². The van der Waals surface area contributed by atoms with Crippen LogP contribution in [0.25, 0.3) is 0 Å². The molecule has 0 fully saturated rings. The Labute approximate surface area is 163 Å². The third-order valence-electron chi connectivity index (χ3n) is 4.77. The predicted octanol–water partition coefficient (Wildman–Crippen LogP) is 7.13. The Kier molecular flexibility index (Phi) is 17.5. The zero-order valence-electron chi connectivity index (χ0n) is 16.5. The van der Waals surface area contributed by atoms with E-state index in [0.29, 0.717) is 0 Å². The van der Waals surface area contributed by atoms with Gasteiger partial charge in [0.25, 0.3) is 0 Å². The Hall–Kier alpha value is -0.167. The number of unbranched alkanes of at least 4 members (excludes halogenated alkanes) is 14. The quantitative estimate of drug-likeness (QED) is 0.238. The van der Waals surface area contributed by atoms with Gasteiger partial charge in [-0.2, -0.15) is 0 Å². The molecule has 0 saturated heterocycles. The minimum atomic E-state index is 0. The van der Waals surface area contributed by atoms with E-state index in [9.17, 15) is 0 Å². The monoisotopic (exact) mass is 384 g/mol. The number of aromatic amines is 1. The predicted molar refractivity (Wildman–Crippen MR) is 102 cm³/mol. The first-order valence-corrected chi connectivity index (χ1v) is 10.3. The van der Waals surface area contributed by atoms with Crippen molar-refractivity contribution in [2.75, 3.05) is 0 Å². The second kappa shape index (κ2) is 17.6. The molecule has 1 rings (SSSR count). The molecule has 0 bridgehead atoms. The van der Waals surface area contributed by atoms with Gasteiger partial charge >= 0.3 is 0 Å². The molecule has 1 aromatic heterocycles. The third-order valence-corrected chi connectivity index (χ3v) is 4.77. The van der Waals surface area contributed by atoms with Gasteiger partial charge in [-0.05, 0) is 13.3 Å². The summed E-state index contributed by atoms with van der Waals surface area (Å²) in [6, 6.07) is 0. The maximum absolute atomic E-state index is 4.36. The van der Waals surface area contributed by atoms with E-state index in [1.54, 1.807) is 0 Å². The number of aromatic nitrogens is 2. The van der Waals surface area contributed by atoms with Gasteiger partial charge < -0.3 is 4.98 Å². The molecule has 24 heavy (non-hydrogen) atoms. The molecule has 1 aromatic rings. The van der Waals surface area contributed by atoms with Gasteiger partial charge in [0.2, 0.25) is 0 Å². The minimum Gasteiger partial charge on any atom is -0.346 e. The van der Waals surface area contributed by atoms with E-state index < -0.39 is 0 Å². The van der Waals surface area contributed by atoms with Crippen LogP contribution in [0.15, 0.2) is 6.20 Å². The number of imidazole rings is 1. The van der Waals surface area contributed by atoms with Gasteiger partial charge in [-0.1, -0.05) is 96.8 Å². The fraction of sp³-hybridized carbons (Fsp3) is 0.857. The first-order valence-electron chi connectivity index (χ1n) is 10.3. The molecular weight excluding hydrogens is 346 g/mol. The molecule has 0 aliphatic carbocycles. The molecular formula is C21H40N2Zn. The zero-order valence-corrected chi connectivity index (χ0v) is 19.5. The summed E-state index contributed by atoms with van der Waals surface area (Å²) in [5, 5.41) is 0. The van der Waals surface area contributed by atoms with Crippen LogP contribution in [0.4, 0.5) is 0 Å². The molecule has 0 aromatic carbocycles. The van der Waals surface area contributed by atoms with Crippen molar-refractivity contribution in [2.45, 2.75) is 117 Å². The van der Waals surface area contributed by atoms with Crippen molar-refractivity contribution >= 4 is 0 Å². The van der Waals surface area contributed by atoms with E-state index in [1.807, 2.05) is 6.20 Å². The molecule has 1 N–H and O–H groups in total. The summed E-state index contributed by atoms with van der Waals surface area (Å²) in [6.07, 6.45) is 24.4. The number of rotatable bonds is 16. The molecule has 0 saturated carbocycles. The zero-order chi connectivity index (χ0) is 16.6. The second-order valence-corrected chi connectivity index (χ2v) is 7.21. The minimum absolute atomic E-state index is 0. The van der Waals surface area contributed by atoms with Gasteiger partial charge in [0, 0.05) is 37.8 Å². The maximum atomic E-state index is 4.36. The summed E-state index contributed by atoms with van der Waals surface area (Å²) in [6.45, 7) is 4.36. The van der Waals surface area contributed by atoms with Crippen LogP contribution in [-0.4, -0.2) is 9.97 Å². The molecule has 0 amide bonds. The number of nitrogens with one attached hydrogen (secondary N) is 1. The van der Waals surface area contributed by atoms with Gasteiger partial charge in [-0.15, -0.1) is 0 Å². The van der Waals surface area contributed by atoms with Crippen LogP contribution in [0.3, 0.4) is 0 Å². The van der Waals surface area contributed by atoms with Gasteiger partial charge in [-0.3, -0.25) is 0 Å². The summed E-state index contributed by atoms with van der Waals surface area (Å²) in [4.78, 5) is 7.68. The van der Waals surface area contributed by atoms with Crippen LogP contribution in [-0.2, 0) is 25.9 Å². The number of aryl methyl sites for hydroxylation is 2. The average Bonchev–Trinajstić information content (AvgIpc) is 2.96. The van der Waals surface area contributed by atoms with E-state index in [0.717, 1.165) is 12.2 Å². The second-order valence-electron chi connectivity index (χ2n) is 7.21. The molecule has 0 aliphatic rings. The first kappa shape index (κ1) is 23.8. The fourth-order valence-electron chi connectivity index (χ4n) is 3.26. The summed E-state index contributed by atoms with van der Waals surface area (Å²) in [7, 11) is 0. The molecule has 0 atom stereocenters. The molecule has 136 valence electrons. The Morgan fingerprint density at radius 1 is 0.708 bits per heavy atom. The average molecular weight is 386 g/mol. The van der Waals surface area contributed by atoms with Crippen molar-refractivity contribution in [1.82, 2.24) is 9.97 Å². The number of hydrogen-bond donors (Lipinski definition) is 1. The summed E-state index contributed by atoms with van der Waals surface area (Å²) < 4.78 is 0. The van der Waals surface area contributed by atoms with Crippen LogP contribution in [0.5, 0.6) is 0 Å². The largest absolute Gasteiger partial charge is 0.346 e. The van der Waals surface area contributed by atoms with E-state index in [2.05, 4.69) is 23.8 Å². The summed E-state index contributed by atoms with van der Waals surface area (Å²) >= 11 is 0. The molecule has 0 radical (unpaired) electrons.